The molecule has 3 rings (SSSR count). The Morgan fingerprint density at radius 1 is 1.24 bits per heavy atom. The molecule has 0 saturated heterocycles. The number of benzene rings is 2. The van der Waals surface area contributed by atoms with Gasteiger partial charge in [-0.3, -0.25) is 4.57 Å². The first kappa shape index (κ1) is 14.4. The van der Waals surface area contributed by atoms with Crippen LogP contribution in [0.2, 0.25) is 10.0 Å². The Kier molecular flexibility index (Phi) is 3.65. The van der Waals surface area contributed by atoms with Gasteiger partial charge in [-0.25, -0.2) is 4.39 Å². The number of nitrogens with one attached hydrogen (secondary N) is 1. The third-order valence-corrected chi connectivity index (χ3v) is 3.96. The fourth-order valence-corrected chi connectivity index (χ4v) is 2.98. The first-order valence-corrected chi connectivity index (χ1v) is 7.12. The number of methoxy groups -OCH3 is 1. The molecule has 1 aromatic heterocycles. The standard InChI is InChI=1S/C14H9Cl2FN2OS/c1-20-11-4-2-3-10-13(11)18-14(21)19(10)7-5-8(15)12(17)9(16)6-7/h2-6H,1H3,(H,18,21). The van der Waals surface area contributed by atoms with E-state index in [1.807, 2.05) is 18.2 Å². The molecule has 0 radical (unpaired) electrons. The minimum atomic E-state index is -0.647. The summed E-state index contributed by atoms with van der Waals surface area (Å²) in [5, 5.41) is -0.117. The minimum absolute atomic E-state index is 0.0587. The van der Waals surface area contributed by atoms with Gasteiger partial charge in [0.05, 0.1) is 28.4 Å². The first-order valence-electron chi connectivity index (χ1n) is 5.95. The minimum Gasteiger partial charge on any atom is -0.494 e. The maximum atomic E-state index is 13.6. The molecular formula is C14H9Cl2FN2OS. The van der Waals surface area contributed by atoms with Crippen molar-refractivity contribution >= 4 is 46.5 Å². The smallest absolute Gasteiger partial charge is 0.182 e. The van der Waals surface area contributed by atoms with Gasteiger partial charge in [0.25, 0.3) is 0 Å². The van der Waals surface area contributed by atoms with Gasteiger partial charge in [-0.1, -0.05) is 29.3 Å². The van der Waals surface area contributed by atoms with Gasteiger partial charge in [0.15, 0.2) is 10.6 Å². The van der Waals surface area contributed by atoms with Crippen LogP contribution in [-0.4, -0.2) is 16.7 Å². The fraction of sp³-hybridized carbons (Fsp3) is 0.0714. The summed E-state index contributed by atoms with van der Waals surface area (Å²) in [6.07, 6.45) is 0. The zero-order valence-corrected chi connectivity index (χ0v) is 13.1. The second-order valence-corrected chi connectivity index (χ2v) is 5.54. The molecule has 0 aliphatic rings. The van der Waals surface area contributed by atoms with E-state index >= 15 is 0 Å². The summed E-state index contributed by atoms with van der Waals surface area (Å²) in [5.74, 6) is 0.0164. The quantitative estimate of drug-likeness (QED) is 0.516. The lowest BCUT2D eigenvalue weighted by Crippen LogP contribution is -1.95. The van der Waals surface area contributed by atoms with Gasteiger partial charge in [-0.2, -0.15) is 0 Å². The summed E-state index contributed by atoms with van der Waals surface area (Å²) in [5.41, 5.74) is 2.12. The third kappa shape index (κ3) is 2.31. The summed E-state index contributed by atoms with van der Waals surface area (Å²) in [6, 6.07) is 8.49. The molecule has 0 fully saturated rings. The third-order valence-electron chi connectivity index (χ3n) is 3.13. The lowest BCUT2D eigenvalue weighted by atomic mass is 10.2. The van der Waals surface area contributed by atoms with E-state index in [-0.39, 0.29) is 10.0 Å². The van der Waals surface area contributed by atoms with E-state index in [0.717, 1.165) is 11.0 Å². The lowest BCUT2D eigenvalue weighted by Gasteiger charge is -2.08. The molecule has 21 heavy (non-hydrogen) atoms. The Bertz CT molecular complexity index is 881. The van der Waals surface area contributed by atoms with Gasteiger partial charge in [0.1, 0.15) is 11.3 Å². The highest BCUT2D eigenvalue weighted by atomic mass is 35.5. The van der Waals surface area contributed by atoms with Gasteiger partial charge >= 0.3 is 0 Å². The highest BCUT2D eigenvalue weighted by Crippen LogP contribution is 2.31. The lowest BCUT2D eigenvalue weighted by molar-refractivity contribution is 0.419. The largest absolute Gasteiger partial charge is 0.494 e. The van der Waals surface area contributed by atoms with Crippen molar-refractivity contribution < 1.29 is 9.13 Å². The van der Waals surface area contributed by atoms with E-state index in [2.05, 4.69) is 4.98 Å². The fourth-order valence-electron chi connectivity index (χ4n) is 2.20. The van der Waals surface area contributed by atoms with Crippen LogP contribution in [0.5, 0.6) is 5.75 Å². The Morgan fingerprint density at radius 3 is 2.52 bits per heavy atom. The molecule has 2 aromatic carbocycles. The molecule has 0 aliphatic carbocycles. The molecule has 3 aromatic rings. The SMILES string of the molecule is COc1cccc2c1[nH]c(=S)n2-c1cc(Cl)c(F)c(Cl)c1. The van der Waals surface area contributed by atoms with Crippen molar-refractivity contribution in [2.75, 3.05) is 7.11 Å². The van der Waals surface area contributed by atoms with Crippen molar-refractivity contribution in [3.8, 4) is 11.4 Å². The van der Waals surface area contributed by atoms with Crippen LogP contribution in [0.3, 0.4) is 0 Å². The number of rotatable bonds is 2. The molecule has 1 heterocycles. The van der Waals surface area contributed by atoms with E-state index in [1.54, 1.807) is 11.7 Å². The number of hydrogen-bond donors (Lipinski definition) is 1. The molecular weight excluding hydrogens is 334 g/mol. The van der Waals surface area contributed by atoms with Gasteiger partial charge < -0.3 is 9.72 Å². The van der Waals surface area contributed by atoms with Crippen LogP contribution in [0, 0.1) is 10.6 Å². The number of nitrogens with zero attached hydrogens (tertiary/aromatic N) is 1. The van der Waals surface area contributed by atoms with Crippen LogP contribution in [0.4, 0.5) is 4.39 Å². The van der Waals surface area contributed by atoms with E-state index in [9.17, 15) is 4.39 Å². The number of H-pyrrole nitrogens is 1. The first-order chi connectivity index (χ1) is 10.0. The van der Waals surface area contributed by atoms with Crippen LogP contribution < -0.4 is 4.74 Å². The van der Waals surface area contributed by atoms with Crippen molar-refractivity contribution in [3.05, 3.63) is 51.0 Å². The highest BCUT2D eigenvalue weighted by Gasteiger charge is 2.14. The average molecular weight is 343 g/mol. The van der Waals surface area contributed by atoms with E-state index < -0.39 is 5.82 Å². The second kappa shape index (κ2) is 5.33. The molecule has 0 amide bonds. The van der Waals surface area contributed by atoms with Crippen LogP contribution in [-0.2, 0) is 0 Å². The summed E-state index contributed by atoms with van der Waals surface area (Å²) < 4.78 is 21.0. The molecule has 0 atom stereocenters. The summed E-state index contributed by atoms with van der Waals surface area (Å²) in [4.78, 5) is 3.07. The van der Waals surface area contributed by atoms with Gasteiger partial charge in [0.2, 0.25) is 0 Å². The molecule has 0 bridgehead atoms. The van der Waals surface area contributed by atoms with E-state index in [0.29, 0.717) is 16.2 Å². The number of ether oxygens (including phenoxy) is 1. The van der Waals surface area contributed by atoms with Gasteiger partial charge in [0, 0.05) is 0 Å². The van der Waals surface area contributed by atoms with Crippen LogP contribution in [0.15, 0.2) is 30.3 Å². The predicted octanol–water partition coefficient (Wildman–Crippen LogP) is 5.14. The van der Waals surface area contributed by atoms with E-state index in [4.69, 9.17) is 40.2 Å². The Morgan fingerprint density at radius 2 is 1.90 bits per heavy atom. The molecule has 7 heteroatoms. The maximum absolute atomic E-state index is 13.6. The summed E-state index contributed by atoms with van der Waals surface area (Å²) >= 11 is 17.0. The number of halogens is 3. The molecule has 0 unspecified atom stereocenters. The van der Waals surface area contributed by atoms with Gasteiger partial charge in [-0.15, -0.1) is 0 Å². The number of hydrogen-bond acceptors (Lipinski definition) is 2. The predicted molar refractivity (Wildman–Crippen MR) is 85.0 cm³/mol. The Balaban J connectivity index is 2.36. The van der Waals surface area contributed by atoms with Crippen LogP contribution in [0.25, 0.3) is 16.7 Å². The van der Waals surface area contributed by atoms with Crippen LogP contribution in [0.1, 0.15) is 0 Å². The van der Waals surface area contributed by atoms with Crippen LogP contribution >= 0.6 is 35.4 Å². The number of imidazole rings is 1. The molecule has 0 aliphatic heterocycles. The number of aromatic amines is 1. The molecule has 0 spiro atoms. The zero-order valence-electron chi connectivity index (χ0n) is 10.8. The number of para-hydroxylation sites is 1. The monoisotopic (exact) mass is 342 g/mol. The van der Waals surface area contributed by atoms with Crippen molar-refractivity contribution in [2.45, 2.75) is 0 Å². The van der Waals surface area contributed by atoms with E-state index in [1.165, 1.54) is 12.1 Å². The highest BCUT2D eigenvalue weighted by molar-refractivity contribution is 7.71. The molecule has 1 N–H and O–H groups in total. The van der Waals surface area contributed by atoms with Crippen molar-refractivity contribution in [2.24, 2.45) is 0 Å². The Hall–Kier alpha value is -1.56. The average Bonchev–Trinajstić information content (AvgIpc) is 2.80. The Labute approximate surface area is 134 Å². The molecule has 0 saturated carbocycles. The summed E-state index contributed by atoms with van der Waals surface area (Å²) in [7, 11) is 1.58. The summed E-state index contributed by atoms with van der Waals surface area (Å²) in [6.45, 7) is 0. The van der Waals surface area contributed by atoms with Crippen molar-refractivity contribution in [3.63, 3.8) is 0 Å². The number of fused-ring (bicyclic) bond motifs is 1. The van der Waals surface area contributed by atoms with Gasteiger partial charge in [-0.05, 0) is 36.5 Å². The molecule has 3 nitrogen and oxygen atoms in total. The topological polar surface area (TPSA) is 29.9 Å². The van der Waals surface area contributed by atoms with Crippen molar-refractivity contribution in [1.82, 2.24) is 9.55 Å². The maximum Gasteiger partial charge on any atom is 0.182 e. The zero-order chi connectivity index (χ0) is 15.1. The second-order valence-electron chi connectivity index (χ2n) is 4.34. The van der Waals surface area contributed by atoms with Crippen molar-refractivity contribution in [1.29, 1.82) is 0 Å². The normalized spacial score (nSPS) is 11.0. The molecule has 108 valence electrons. The number of aromatic nitrogens is 2.